The van der Waals surface area contributed by atoms with Crippen molar-refractivity contribution < 1.29 is 8.42 Å². The fourth-order valence-corrected chi connectivity index (χ4v) is 6.35. The fraction of sp³-hybridized carbons (Fsp3) is 0.312. The summed E-state index contributed by atoms with van der Waals surface area (Å²) in [5, 5.41) is 11.3. The molecule has 2 heterocycles. The Morgan fingerprint density at radius 3 is 2.61 bits per heavy atom. The standard InChI is InChI=1S/C16H16N2O2S3/c17-12-13-3-5-14(6-4-13)23(19,20)18-8-7-16(22-11-9-18)15-2-1-10-21-15/h1-6,10,16H,7-9,11H2. The van der Waals surface area contributed by atoms with Crippen LogP contribution in [0.4, 0.5) is 0 Å². The van der Waals surface area contributed by atoms with Crippen LogP contribution < -0.4 is 0 Å². The molecule has 120 valence electrons. The Morgan fingerprint density at radius 1 is 1.17 bits per heavy atom. The molecule has 23 heavy (non-hydrogen) atoms. The van der Waals surface area contributed by atoms with Crippen LogP contribution in [0.3, 0.4) is 0 Å². The van der Waals surface area contributed by atoms with E-state index in [0.29, 0.717) is 23.9 Å². The first-order valence-corrected chi connectivity index (χ1v) is 10.6. The number of thioether (sulfide) groups is 1. The summed E-state index contributed by atoms with van der Waals surface area (Å²) < 4.78 is 27.1. The molecule has 0 saturated carbocycles. The first kappa shape index (κ1) is 16.5. The van der Waals surface area contributed by atoms with Crippen molar-refractivity contribution in [2.45, 2.75) is 16.6 Å². The third-order valence-corrected chi connectivity index (χ3v) is 8.14. The first-order valence-electron chi connectivity index (χ1n) is 7.26. The highest BCUT2D eigenvalue weighted by Gasteiger charge is 2.28. The normalized spacial score (nSPS) is 19.9. The van der Waals surface area contributed by atoms with Gasteiger partial charge in [-0.2, -0.15) is 21.3 Å². The van der Waals surface area contributed by atoms with Crippen molar-refractivity contribution in [1.29, 1.82) is 5.26 Å². The monoisotopic (exact) mass is 364 g/mol. The Balaban J connectivity index is 1.76. The third-order valence-electron chi connectivity index (χ3n) is 3.78. The third kappa shape index (κ3) is 3.61. The zero-order valence-corrected chi connectivity index (χ0v) is 14.8. The van der Waals surface area contributed by atoms with Gasteiger partial charge in [0.2, 0.25) is 10.0 Å². The Bertz CT molecular complexity index is 793. The van der Waals surface area contributed by atoms with E-state index in [-0.39, 0.29) is 4.90 Å². The van der Waals surface area contributed by atoms with Gasteiger partial charge in [0.15, 0.2) is 0 Å². The van der Waals surface area contributed by atoms with Crippen molar-refractivity contribution in [3.05, 3.63) is 52.2 Å². The van der Waals surface area contributed by atoms with Gasteiger partial charge in [0.05, 0.1) is 16.5 Å². The van der Waals surface area contributed by atoms with Crippen LogP contribution >= 0.6 is 23.1 Å². The van der Waals surface area contributed by atoms with Crippen LogP contribution in [0, 0.1) is 11.3 Å². The van der Waals surface area contributed by atoms with Gasteiger partial charge in [-0.05, 0) is 42.1 Å². The van der Waals surface area contributed by atoms with Gasteiger partial charge in [-0.15, -0.1) is 11.3 Å². The molecule has 4 nitrogen and oxygen atoms in total. The molecular weight excluding hydrogens is 348 g/mol. The maximum Gasteiger partial charge on any atom is 0.243 e. The van der Waals surface area contributed by atoms with E-state index >= 15 is 0 Å². The lowest BCUT2D eigenvalue weighted by atomic mass is 10.2. The summed E-state index contributed by atoms with van der Waals surface area (Å²) in [6, 6.07) is 12.3. The molecule has 0 N–H and O–H groups in total. The van der Waals surface area contributed by atoms with E-state index in [4.69, 9.17) is 5.26 Å². The van der Waals surface area contributed by atoms with E-state index in [1.54, 1.807) is 27.8 Å². The molecule has 2 aromatic rings. The predicted octanol–water partition coefficient (Wildman–Crippen LogP) is 3.49. The molecule has 1 atom stereocenters. The van der Waals surface area contributed by atoms with Crippen LogP contribution in [-0.2, 0) is 10.0 Å². The van der Waals surface area contributed by atoms with Gasteiger partial charge < -0.3 is 0 Å². The lowest BCUT2D eigenvalue weighted by Gasteiger charge is -2.19. The molecule has 0 bridgehead atoms. The molecule has 1 aliphatic heterocycles. The summed E-state index contributed by atoms with van der Waals surface area (Å²) in [5.74, 6) is 0.790. The van der Waals surface area contributed by atoms with Crippen LogP contribution in [0.15, 0.2) is 46.7 Å². The van der Waals surface area contributed by atoms with Crippen molar-refractivity contribution in [1.82, 2.24) is 4.31 Å². The Hall–Kier alpha value is -1.33. The number of hydrogen-bond acceptors (Lipinski definition) is 5. The zero-order chi connectivity index (χ0) is 16.3. The number of nitriles is 1. The number of hydrogen-bond donors (Lipinski definition) is 0. The fourth-order valence-electron chi connectivity index (χ4n) is 2.54. The molecule has 0 radical (unpaired) electrons. The molecular formula is C16H16N2O2S3. The maximum atomic E-state index is 12.8. The molecule has 1 aliphatic rings. The van der Waals surface area contributed by atoms with Gasteiger partial charge >= 0.3 is 0 Å². The van der Waals surface area contributed by atoms with Gasteiger partial charge in [0, 0.05) is 29.0 Å². The molecule has 0 amide bonds. The highest BCUT2D eigenvalue weighted by atomic mass is 32.2. The molecule has 1 saturated heterocycles. The van der Waals surface area contributed by atoms with Gasteiger partial charge in [-0.25, -0.2) is 8.42 Å². The molecule has 1 fully saturated rings. The molecule has 1 aromatic heterocycles. The molecule has 7 heteroatoms. The predicted molar refractivity (Wildman–Crippen MR) is 94.1 cm³/mol. The topological polar surface area (TPSA) is 61.2 Å². The van der Waals surface area contributed by atoms with Gasteiger partial charge in [-0.1, -0.05) is 6.07 Å². The highest BCUT2D eigenvalue weighted by Crippen LogP contribution is 2.37. The SMILES string of the molecule is N#Cc1ccc(S(=O)(=O)N2CCSC(c3cccs3)CC2)cc1. The van der Waals surface area contributed by atoms with Crippen LogP contribution in [0.1, 0.15) is 22.1 Å². The number of benzene rings is 1. The van der Waals surface area contributed by atoms with Crippen LogP contribution in [0.2, 0.25) is 0 Å². The second-order valence-electron chi connectivity index (χ2n) is 5.20. The zero-order valence-electron chi connectivity index (χ0n) is 12.4. The van der Waals surface area contributed by atoms with Crippen molar-refractivity contribution >= 4 is 33.1 Å². The van der Waals surface area contributed by atoms with E-state index in [2.05, 4.69) is 11.4 Å². The number of sulfonamides is 1. The van der Waals surface area contributed by atoms with E-state index in [0.717, 1.165) is 12.2 Å². The minimum absolute atomic E-state index is 0.260. The average molecular weight is 365 g/mol. The number of nitrogens with zero attached hydrogens (tertiary/aromatic N) is 2. The Morgan fingerprint density at radius 2 is 1.96 bits per heavy atom. The van der Waals surface area contributed by atoms with Crippen LogP contribution in [0.5, 0.6) is 0 Å². The van der Waals surface area contributed by atoms with Gasteiger partial charge in [0.1, 0.15) is 0 Å². The van der Waals surface area contributed by atoms with Gasteiger partial charge in [0.25, 0.3) is 0 Å². The number of thiophene rings is 1. The van der Waals surface area contributed by atoms with E-state index in [1.165, 1.54) is 17.0 Å². The summed E-state index contributed by atoms with van der Waals surface area (Å²) in [6.45, 7) is 1.05. The quantitative estimate of drug-likeness (QED) is 0.836. The summed E-state index contributed by atoms with van der Waals surface area (Å²) >= 11 is 3.55. The van der Waals surface area contributed by atoms with Gasteiger partial charge in [-0.3, -0.25) is 0 Å². The largest absolute Gasteiger partial charge is 0.243 e. The first-order chi connectivity index (χ1) is 11.1. The highest BCUT2D eigenvalue weighted by molar-refractivity contribution is 7.99. The summed E-state index contributed by atoms with van der Waals surface area (Å²) in [4.78, 5) is 1.57. The van der Waals surface area contributed by atoms with Crippen molar-refractivity contribution in [3.63, 3.8) is 0 Å². The molecule has 3 rings (SSSR count). The Labute approximate surface area is 144 Å². The summed E-state index contributed by atoms with van der Waals surface area (Å²) in [6.07, 6.45) is 0.820. The minimum Gasteiger partial charge on any atom is -0.207 e. The minimum atomic E-state index is -3.49. The molecule has 0 aliphatic carbocycles. The van der Waals surface area contributed by atoms with Crippen molar-refractivity contribution in [3.8, 4) is 6.07 Å². The number of rotatable bonds is 3. The van der Waals surface area contributed by atoms with Crippen molar-refractivity contribution in [2.75, 3.05) is 18.8 Å². The van der Waals surface area contributed by atoms with E-state index in [1.807, 2.05) is 23.9 Å². The lowest BCUT2D eigenvalue weighted by Crippen LogP contribution is -2.33. The molecule has 1 aromatic carbocycles. The second kappa shape index (κ2) is 7.05. The lowest BCUT2D eigenvalue weighted by molar-refractivity contribution is 0.428. The Kier molecular flexibility index (Phi) is 5.07. The average Bonchev–Trinajstić information content (AvgIpc) is 2.99. The molecule has 0 spiro atoms. The second-order valence-corrected chi connectivity index (χ2v) is 9.43. The van der Waals surface area contributed by atoms with Crippen molar-refractivity contribution in [2.24, 2.45) is 0 Å². The maximum absolute atomic E-state index is 12.8. The van der Waals surface area contributed by atoms with E-state index < -0.39 is 10.0 Å². The summed E-state index contributed by atoms with van der Waals surface area (Å²) in [7, 11) is -3.49. The van der Waals surface area contributed by atoms with Crippen LogP contribution in [0.25, 0.3) is 0 Å². The molecule has 1 unspecified atom stereocenters. The summed E-state index contributed by atoms with van der Waals surface area (Å²) in [5.41, 5.74) is 0.466. The smallest absolute Gasteiger partial charge is 0.207 e. The van der Waals surface area contributed by atoms with Crippen LogP contribution in [-0.4, -0.2) is 31.6 Å². The van der Waals surface area contributed by atoms with E-state index in [9.17, 15) is 8.42 Å².